The summed E-state index contributed by atoms with van der Waals surface area (Å²) in [6, 6.07) is 6.74. The monoisotopic (exact) mass is 695 g/mol. The number of hydrogen-bond acceptors (Lipinski definition) is 4. The van der Waals surface area contributed by atoms with Gasteiger partial charge in [-0.1, -0.05) is 32.0 Å². The number of benzene rings is 1. The third kappa shape index (κ3) is 8.25. The van der Waals surface area contributed by atoms with Gasteiger partial charge in [-0.3, -0.25) is 9.59 Å². The lowest BCUT2D eigenvalue weighted by molar-refractivity contribution is -0.151. The van der Waals surface area contributed by atoms with Crippen molar-refractivity contribution in [3.63, 3.8) is 0 Å². The minimum Gasteiger partial charge on any atom is -0.350 e. The predicted octanol–water partition coefficient (Wildman–Crippen LogP) is 9.52. The molecule has 5 atom stereocenters. The summed E-state index contributed by atoms with van der Waals surface area (Å²) in [7, 11) is 0. The molecule has 1 aromatic carbocycles. The number of carbonyl (C=O) groups is 2. The molecular weight excluding hydrogens is 629 g/mol. The first kappa shape index (κ1) is 36.6. The van der Waals surface area contributed by atoms with Crippen molar-refractivity contribution in [1.29, 1.82) is 0 Å². The molecule has 0 spiro atoms. The van der Waals surface area contributed by atoms with Gasteiger partial charge in [-0.2, -0.15) is 0 Å². The fourth-order valence-electron chi connectivity index (χ4n) is 12.7. The summed E-state index contributed by atoms with van der Waals surface area (Å²) in [6.07, 6.45) is 20.3. The van der Waals surface area contributed by atoms with E-state index in [2.05, 4.69) is 49.6 Å². The molecule has 51 heavy (non-hydrogen) atoms. The van der Waals surface area contributed by atoms with Gasteiger partial charge in [-0.05, 0) is 194 Å². The van der Waals surface area contributed by atoms with Crippen LogP contribution in [-0.4, -0.2) is 33.4 Å². The van der Waals surface area contributed by atoms with Crippen LogP contribution in [0.1, 0.15) is 182 Å². The number of rotatable bonds is 10. The van der Waals surface area contributed by atoms with Gasteiger partial charge in [-0.15, -0.1) is 0 Å². The van der Waals surface area contributed by atoms with Crippen LogP contribution in [0, 0.1) is 36.0 Å². The third-order valence-corrected chi connectivity index (χ3v) is 13.8. The standard InChI is InChI=1S/C45H66N4O2/c1-29-37(46-30(2)47-40(29)34-15-12-33(13-16-34)36-17-14-32-10-8-9-11-35(32)22-36)18-19-38(41(51)49-42(3,4)5)48-39(50)20-21-45-25-31-23-43(6,27-45)26-44(7,24-31)28-45/h14,17,22,31,33-34,38H,8-13,15-16,18-21,23-28H2,1-7H3,(H,48,50)(H,49,51)/t31?,33?,34?,38-,43+,44?,45?/m0/s1. The summed E-state index contributed by atoms with van der Waals surface area (Å²) in [6.45, 7) is 15.2. The molecule has 2 N–H and O–H groups in total. The van der Waals surface area contributed by atoms with Crippen LogP contribution in [0.5, 0.6) is 0 Å². The molecule has 0 saturated heterocycles. The van der Waals surface area contributed by atoms with Crippen LogP contribution in [0.4, 0.5) is 0 Å². The molecule has 8 rings (SSSR count). The van der Waals surface area contributed by atoms with Crippen molar-refractivity contribution in [2.24, 2.45) is 22.2 Å². The maximum absolute atomic E-state index is 13.7. The molecule has 5 fully saturated rings. The Morgan fingerprint density at radius 3 is 2.22 bits per heavy atom. The Kier molecular flexibility index (Phi) is 9.97. The summed E-state index contributed by atoms with van der Waals surface area (Å²) >= 11 is 0. The first-order valence-corrected chi connectivity index (χ1v) is 20.7. The van der Waals surface area contributed by atoms with E-state index in [1.807, 2.05) is 27.7 Å². The lowest BCUT2D eigenvalue weighted by Crippen LogP contribution is -2.55. The highest BCUT2D eigenvalue weighted by molar-refractivity contribution is 5.88. The highest BCUT2D eigenvalue weighted by atomic mass is 16.2. The van der Waals surface area contributed by atoms with Crippen LogP contribution in [0.15, 0.2) is 18.2 Å². The number of fused-ring (bicyclic) bond motifs is 1. The summed E-state index contributed by atoms with van der Waals surface area (Å²) in [4.78, 5) is 37.3. The van der Waals surface area contributed by atoms with Gasteiger partial charge < -0.3 is 10.6 Å². The van der Waals surface area contributed by atoms with Crippen molar-refractivity contribution in [3.05, 3.63) is 57.7 Å². The highest BCUT2D eigenvalue weighted by Crippen LogP contribution is 2.70. The number of nitrogens with zero attached hydrogens (tertiary/aromatic N) is 2. The summed E-state index contributed by atoms with van der Waals surface area (Å²) in [5.74, 6) is 2.61. The topological polar surface area (TPSA) is 84.0 Å². The van der Waals surface area contributed by atoms with Crippen molar-refractivity contribution < 1.29 is 9.59 Å². The largest absolute Gasteiger partial charge is 0.350 e. The van der Waals surface area contributed by atoms with Gasteiger partial charge in [0.25, 0.3) is 0 Å². The summed E-state index contributed by atoms with van der Waals surface area (Å²) < 4.78 is 0. The molecule has 1 heterocycles. The molecule has 2 amide bonds. The number of carbonyl (C=O) groups excluding carboxylic acids is 2. The zero-order valence-electron chi connectivity index (χ0n) is 33.0. The van der Waals surface area contributed by atoms with Crippen LogP contribution in [0.25, 0.3) is 0 Å². The minimum atomic E-state index is -0.590. The van der Waals surface area contributed by atoms with Gasteiger partial charge in [0.15, 0.2) is 0 Å². The molecule has 6 aliphatic rings. The van der Waals surface area contributed by atoms with Crippen molar-refractivity contribution in [2.75, 3.05) is 0 Å². The molecule has 6 heteroatoms. The van der Waals surface area contributed by atoms with Crippen molar-refractivity contribution in [3.8, 4) is 0 Å². The van der Waals surface area contributed by atoms with Crippen molar-refractivity contribution in [1.82, 2.24) is 20.6 Å². The Hall–Kier alpha value is -2.76. The van der Waals surface area contributed by atoms with Gasteiger partial charge in [0.2, 0.25) is 11.8 Å². The second-order valence-corrected chi connectivity index (χ2v) is 20.0. The molecule has 1 aromatic heterocycles. The molecule has 6 nitrogen and oxygen atoms in total. The van der Waals surface area contributed by atoms with E-state index in [0.29, 0.717) is 41.9 Å². The molecule has 278 valence electrons. The Balaban J connectivity index is 0.994. The highest BCUT2D eigenvalue weighted by Gasteiger charge is 2.59. The minimum absolute atomic E-state index is 0.0158. The number of aryl methyl sites for hydroxylation is 4. The van der Waals surface area contributed by atoms with Crippen LogP contribution in [-0.2, 0) is 28.9 Å². The van der Waals surface area contributed by atoms with E-state index in [1.165, 1.54) is 93.9 Å². The maximum Gasteiger partial charge on any atom is 0.242 e. The SMILES string of the molecule is Cc1nc(CC[C@H](NC(=O)CCC23CC4CC(C)(C2)C[C@@](C)(C4)C3)C(=O)NC(C)(C)C)c(C)c(C2CCC(c3ccc4c(c3)CCCC4)CC2)n1. The maximum atomic E-state index is 13.7. The molecule has 2 aromatic rings. The van der Waals surface area contributed by atoms with Gasteiger partial charge in [0.1, 0.15) is 11.9 Å². The third-order valence-electron chi connectivity index (χ3n) is 13.8. The summed E-state index contributed by atoms with van der Waals surface area (Å²) in [5.41, 5.74) is 8.86. The normalized spacial score (nSPS) is 31.9. The average Bonchev–Trinajstić information content (AvgIpc) is 3.04. The second-order valence-electron chi connectivity index (χ2n) is 20.0. The van der Waals surface area contributed by atoms with Gasteiger partial charge in [0.05, 0.1) is 5.69 Å². The first-order valence-electron chi connectivity index (χ1n) is 20.7. The molecule has 0 radical (unpaired) electrons. The molecule has 4 bridgehead atoms. The molecule has 3 unspecified atom stereocenters. The van der Waals surface area contributed by atoms with E-state index in [9.17, 15) is 9.59 Å². The summed E-state index contributed by atoms with van der Waals surface area (Å²) in [5, 5.41) is 6.38. The Bertz CT molecular complexity index is 1610. The van der Waals surface area contributed by atoms with Crippen molar-refractivity contribution in [2.45, 2.75) is 187 Å². The van der Waals surface area contributed by atoms with E-state index in [-0.39, 0.29) is 22.8 Å². The lowest BCUT2D eigenvalue weighted by Gasteiger charge is -2.65. The van der Waals surface area contributed by atoms with E-state index < -0.39 is 6.04 Å². The van der Waals surface area contributed by atoms with Crippen LogP contribution < -0.4 is 10.6 Å². The van der Waals surface area contributed by atoms with E-state index in [4.69, 9.17) is 9.97 Å². The zero-order chi connectivity index (χ0) is 36.2. The van der Waals surface area contributed by atoms with Gasteiger partial charge in [-0.25, -0.2) is 9.97 Å². The fourth-order valence-corrected chi connectivity index (χ4v) is 12.7. The predicted molar refractivity (Wildman–Crippen MR) is 206 cm³/mol. The Morgan fingerprint density at radius 1 is 0.882 bits per heavy atom. The number of hydrogen-bond donors (Lipinski definition) is 2. The second kappa shape index (κ2) is 13.9. The Labute approximate surface area is 308 Å². The lowest BCUT2D eigenvalue weighted by atomic mass is 9.40. The number of aromatic nitrogens is 2. The molecular formula is C45H66N4O2. The van der Waals surface area contributed by atoms with Gasteiger partial charge in [0, 0.05) is 23.6 Å². The molecule has 0 aliphatic heterocycles. The quantitative estimate of drug-likeness (QED) is 0.260. The van der Waals surface area contributed by atoms with Crippen LogP contribution in [0.2, 0.25) is 0 Å². The van der Waals surface area contributed by atoms with Gasteiger partial charge >= 0.3 is 0 Å². The fraction of sp³-hybridized carbons (Fsp3) is 0.733. The van der Waals surface area contributed by atoms with E-state index in [1.54, 1.807) is 11.1 Å². The van der Waals surface area contributed by atoms with E-state index in [0.717, 1.165) is 36.7 Å². The smallest absolute Gasteiger partial charge is 0.242 e. The molecule has 5 saturated carbocycles. The van der Waals surface area contributed by atoms with Crippen molar-refractivity contribution >= 4 is 11.8 Å². The molecule has 6 aliphatic carbocycles. The van der Waals surface area contributed by atoms with Crippen LogP contribution >= 0.6 is 0 Å². The number of nitrogens with one attached hydrogen (secondary N) is 2. The van der Waals surface area contributed by atoms with E-state index >= 15 is 0 Å². The first-order chi connectivity index (χ1) is 24.1. The average molecular weight is 695 g/mol. The Morgan fingerprint density at radius 2 is 1.55 bits per heavy atom. The number of amides is 2. The zero-order valence-corrected chi connectivity index (χ0v) is 33.0. The van der Waals surface area contributed by atoms with Crippen LogP contribution in [0.3, 0.4) is 0 Å².